The molecule has 3 aromatic rings. The molecular weight excluding hydrogens is 438 g/mol. The van der Waals surface area contributed by atoms with Gasteiger partial charge in [0.05, 0.1) is 12.0 Å². The first-order valence-electron chi connectivity index (χ1n) is 10.0. The van der Waals surface area contributed by atoms with Gasteiger partial charge in [-0.2, -0.15) is 5.26 Å². The topological polar surface area (TPSA) is 132 Å². The molecule has 0 aliphatic carbocycles. The van der Waals surface area contributed by atoms with E-state index in [4.69, 9.17) is 9.47 Å². The Kier molecular flexibility index (Phi) is 7.71. The van der Waals surface area contributed by atoms with E-state index in [0.29, 0.717) is 5.56 Å². The molecule has 0 saturated heterocycles. The smallest absolute Gasteiger partial charge is 0.350 e. The lowest BCUT2D eigenvalue weighted by molar-refractivity contribution is -0.385. The Morgan fingerprint density at radius 2 is 1.76 bits per heavy atom. The first-order valence-corrected chi connectivity index (χ1v) is 10.0. The number of esters is 1. The van der Waals surface area contributed by atoms with E-state index < -0.39 is 16.8 Å². The summed E-state index contributed by atoms with van der Waals surface area (Å²) in [6, 6.07) is 21.0. The molecule has 0 fully saturated rings. The number of carbonyl (C=O) groups excluding carboxylic acids is 2. The van der Waals surface area contributed by atoms with Crippen molar-refractivity contribution in [1.82, 2.24) is 5.32 Å². The highest BCUT2D eigenvalue weighted by atomic mass is 16.6. The van der Waals surface area contributed by atoms with E-state index >= 15 is 0 Å². The van der Waals surface area contributed by atoms with Gasteiger partial charge < -0.3 is 14.8 Å². The van der Waals surface area contributed by atoms with Crippen LogP contribution in [0, 0.1) is 21.4 Å². The number of nitro groups is 1. The molecule has 3 rings (SSSR count). The molecule has 3 aromatic carbocycles. The third-order valence-corrected chi connectivity index (χ3v) is 4.68. The van der Waals surface area contributed by atoms with Crippen molar-refractivity contribution in [3.05, 3.63) is 105 Å². The van der Waals surface area contributed by atoms with Crippen molar-refractivity contribution in [2.45, 2.75) is 6.54 Å². The third kappa shape index (κ3) is 5.83. The zero-order valence-corrected chi connectivity index (χ0v) is 18.1. The molecule has 34 heavy (non-hydrogen) atoms. The molecule has 170 valence electrons. The second-order valence-corrected chi connectivity index (χ2v) is 6.91. The van der Waals surface area contributed by atoms with Gasteiger partial charge in [-0.3, -0.25) is 14.9 Å². The molecule has 0 aliphatic rings. The molecular formula is C25H19N3O6. The van der Waals surface area contributed by atoms with Crippen LogP contribution in [-0.2, 0) is 11.3 Å². The van der Waals surface area contributed by atoms with Gasteiger partial charge in [0.1, 0.15) is 17.2 Å². The van der Waals surface area contributed by atoms with E-state index in [0.717, 1.165) is 5.56 Å². The number of methoxy groups -OCH3 is 1. The number of para-hydroxylation sites is 1. The predicted molar refractivity (Wildman–Crippen MR) is 123 cm³/mol. The lowest BCUT2D eigenvalue weighted by Crippen LogP contribution is -2.23. The molecule has 0 aliphatic heterocycles. The average Bonchev–Trinajstić information content (AvgIpc) is 2.87. The lowest BCUT2D eigenvalue weighted by Gasteiger charge is -2.10. The molecule has 0 spiro atoms. The first-order chi connectivity index (χ1) is 16.4. The molecule has 9 heteroatoms. The number of rotatable bonds is 8. The van der Waals surface area contributed by atoms with Crippen molar-refractivity contribution in [2.75, 3.05) is 7.11 Å². The van der Waals surface area contributed by atoms with E-state index in [-0.39, 0.29) is 34.9 Å². The Labute approximate surface area is 195 Å². The second-order valence-electron chi connectivity index (χ2n) is 6.91. The summed E-state index contributed by atoms with van der Waals surface area (Å²) in [5.41, 5.74) is 0.627. The summed E-state index contributed by atoms with van der Waals surface area (Å²) in [6.45, 7) is 0.266. The predicted octanol–water partition coefficient (Wildman–Crippen LogP) is 4.05. The van der Waals surface area contributed by atoms with Gasteiger partial charge in [-0.25, -0.2) is 4.79 Å². The second kappa shape index (κ2) is 11.1. The van der Waals surface area contributed by atoms with Crippen molar-refractivity contribution in [3.8, 4) is 17.6 Å². The minimum absolute atomic E-state index is 0.0230. The van der Waals surface area contributed by atoms with E-state index in [2.05, 4.69) is 5.32 Å². The van der Waals surface area contributed by atoms with Gasteiger partial charge in [-0.15, -0.1) is 0 Å². The average molecular weight is 457 g/mol. The minimum atomic E-state index is -0.924. The number of hydrogen-bond acceptors (Lipinski definition) is 7. The highest BCUT2D eigenvalue weighted by Crippen LogP contribution is 2.30. The molecule has 0 radical (unpaired) electrons. The fourth-order valence-corrected chi connectivity index (χ4v) is 3.01. The largest absolute Gasteiger partial charge is 0.493 e. The molecule has 0 heterocycles. The van der Waals surface area contributed by atoms with Gasteiger partial charge in [-0.05, 0) is 35.4 Å². The van der Waals surface area contributed by atoms with Crippen molar-refractivity contribution >= 4 is 23.6 Å². The van der Waals surface area contributed by atoms with Crippen molar-refractivity contribution < 1.29 is 24.0 Å². The van der Waals surface area contributed by atoms with Crippen LogP contribution in [0.2, 0.25) is 0 Å². The summed E-state index contributed by atoms with van der Waals surface area (Å²) in [4.78, 5) is 35.4. The van der Waals surface area contributed by atoms with Crippen molar-refractivity contribution in [2.24, 2.45) is 0 Å². The van der Waals surface area contributed by atoms with Gasteiger partial charge in [0.25, 0.3) is 11.6 Å². The number of nitrogens with one attached hydrogen (secondary N) is 1. The minimum Gasteiger partial charge on any atom is -0.493 e. The Morgan fingerprint density at radius 1 is 1.06 bits per heavy atom. The van der Waals surface area contributed by atoms with Gasteiger partial charge in [0, 0.05) is 12.6 Å². The fourth-order valence-electron chi connectivity index (χ4n) is 3.01. The molecule has 0 atom stereocenters. The number of carbonyl (C=O) groups is 2. The molecule has 0 bridgehead atoms. The first kappa shape index (κ1) is 23.7. The maximum absolute atomic E-state index is 12.5. The monoisotopic (exact) mass is 457 g/mol. The van der Waals surface area contributed by atoms with Gasteiger partial charge >= 0.3 is 5.97 Å². The van der Waals surface area contributed by atoms with Gasteiger partial charge in [-0.1, -0.05) is 48.5 Å². The van der Waals surface area contributed by atoms with Crippen molar-refractivity contribution in [3.63, 3.8) is 0 Å². The van der Waals surface area contributed by atoms with E-state index in [1.54, 1.807) is 0 Å². The lowest BCUT2D eigenvalue weighted by atomic mass is 10.1. The standard InChI is InChI=1S/C25H19N3O6/c1-33-23-14-18(13-19(15-26)24(29)27-16-17-7-3-2-4-8-17)11-12-22(23)34-25(30)20-9-5-6-10-21(20)28(31)32/h2-14H,16H2,1H3,(H,27,29)/b19-13+. The van der Waals surface area contributed by atoms with E-state index in [9.17, 15) is 25.0 Å². The Morgan fingerprint density at radius 3 is 2.44 bits per heavy atom. The number of nitro benzene ring substituents is 1. The number of hydrogen-bond donors (Lipinski definition) is 1. The van der Waals surface area contributed by atoms with Gasteiger partial charge in [0.2, 0.25) is 0 Å². The van der Waals surface area contributed by atoms with Gasteiger partial charge in [0.15, 0.2) is 11.5 Å². The SMILES string of the molecule is COc1cc(/C=C(\C#N)C(=O)NCc2ccccc2)ccc1OC(=O)c1ccccc1[N+](=O)[O-]. The van der Waals surface area contributed by atoms with E-state index in [1.807, 2.05) is 36.4 Å². The summed E-state index contributed by atoms with van der Waals surface area (Å²) in [5, 5.41) is 23.3. The Balaban J connectivity index is 1.78. The van der Waals surface area contributed by atoms with Crippen LogP contribution in [-0.4, -0.2) is 23.9 Å². The zero-order valence-electron chi connectivity index (χ0n) is 18.1. The number of ether oxygens (including phenoxy) is 2. The van der Waals surface area contributed by atoms with Crippen LogP contribution >= 0.6 is 0 Å². The van der Waals surface area contributed by atoms with Crippen LogP contribution in [0.1, 0.15) is 21.5 Å². The summed E-state index contributed by atoms with van der Waals surface area (Å²) in [5.74, 6) is -1.30. The number of nitrogens with zero attached hydrogens (tertiary/aromatic N) is 2. The molecule has 1 amide bonds. The molecule has 0 unspecified atom stereocenters. The Hall–Kier alpha value is -4.97. The van der Waals surface area contributed by atoms with Crippen LogP contribution < -0.4 is 14.8 Å². The Bertz CT molecular complexity index is 1300. The molecule has 9 nitrogen and oxygen atoms in total. The van der Waals surface area contributed by atoms with Crippen LogP contribution in [0.15, 0.2) is 78.4 Å². The maximum atomic E-state index is 12.5. The highest BCUT2D eigenvalue weighted by molar-refractivity contribution is 6.01. The number of benzene rings is 3. The normalized spacial score (nSPS) is 10.6. The van der Waals surface area contributed by atoms with Crippen LogP contribution in [0.5, 0.6) is 11.5 Å². The van der Waals surface area contributed by atoms with Crippen molar-refractivity contribution in [1.29, 1.82) is 5.26 Å². The summed E-state index contributed by atoms with van der Waals surface area (Å²) in [7, 11) is 1.35. The van der Waals surface area contributed by atoms with E-state index in [1.165, 1.54) is 55.7 Å². The summed E-state index contributed by atoms with van der Waals surface area (Å²) >= 11 is 0. The zero-order chi connectivity index (χ0) is 24.5. The summed E-state index contributed by atoms with van der Waals surface area (Å²) in [6.07, 6.45) is 1.37. The summed E-state index contributed by atoms with van der Waals surface area (Å²) < 4.78 is 10.6. The molecule has 1 N–H and O–H groups in total. The van der Waals surface area contributed by atoms with Crippen LogP contribution in [0.4, 0.5) is 5.69 Å². The molecule has 0 aromatic heterocycles. The fraction of sp³-hybridized carbons (Fsp3) is 0.0800. The number of nitriles is 1. The highest BCUT2D eigenvalue weighted by Gasteiger charge is 2.22. The van der Waals surface area contributed by atoms with Crippen LogP contribution in [0.25, 0.3) is 6.08 Å². The molecule has 0 saturated carbocycles. The number of amides is 1. The third-order valence-electron chi connectivity index (χ3n) is 4.68. The maximum Gasteiger partial charge on any atom is 0.350 e. The quantitative estimate of drug-likeness (QED) is 0.135. The van der Waals surface area contributed by atoms with Crippen LogP contribution in [0.3, 0.4) is 0 Å².